The lowest BCUT2D eigenvalue weighted by atomic mass is 10.1. The average Bonchev–Trinajstić information content (AvgIpc) is 2.70. The number of amides is 1. The molecule has 0 saturated heterocycles. The molecule has 1 amide bonds. The van der Waals surface area contributed by atoms with E-state index in [-0.39, 0.29) is 11.7 Å². The number of carbonyl (C=O) groups is 1. The van der Waals surface area contributed by atoms with E-state index in [1.54, 1.807) is 36.4 Å². The molecule has 0 atom stereocenters. The van der Waals surface area contributed by atoms with Crippen LogP contribution >= 0.6 is 11.6 Å². The molecule has 0 unspecified atom stereocenters. The Hall–Kier alpha value is -3.18. The van der Waals surface area contributed by atoms with Gasteiger partial charge < -0.3 is 4.74 Å². The number of hydrazone groups is 1. The highest BCUT2D eigenvalue weighted by Gasteiger charge is 2.07. The lowest BCUT2D eigenvalue weighted by Gasteiger charge is -2.09. The maximum absolute atomic E-state index is 13.0. The zero-order valence-electron chi connectivity index (χ0n) is 15.2. The molecule has 0 spiro atoms. The fraction of sp³-hybridized carbons (Fsp3) is 0.0909. The van der Waals surface area contributed by atoms with E-state index < -0.39 is 0 Å². The van der Waals surface area contributed by atoms with Gasteiger partial charge in [-0.05, 0) is 54.4 Å². The second-order valence-electron chi connectivity index (χ2n) is 6.12. The van der Waals surface area contributed by atoms with Crippen molar-refractivity contribution in [3.63, 3.8) is 0 Å². The molecule has 0 bridgehead atoms. The second-order valence-corrected chi connectivity index (χ2v) is 6.52. The quantitative estimate of drug-likeness (QED) is 0.464. The molecule has 4 nitrogen and oxygen atoms in total. The van der Waals surface area contributed by atoms with Crippen LogP contribution in [0, 0.1) is 12.7 Å². The number of para-hydroxylation sites is 1. The summed E-state index contributed by atoms with van der Waals surface area (Å²) in [6.45, 7) is 2.16. The second kappa shape index (κ2) is 9.15. The summed E-state index contributed by atoms with van der Waals surface area (Å²) in [6, 6.07) is 18.5. The predicted octanol–water partition coefficient (Wildman–Crippen LogP) is 5.13. The normalized spacial score (nSPS) is 10.8. The summed E-state index contributed by atoms with van der Waals surface area (Å²) in [5.41, 5.74) is 5.34. The first-order chi connectivity index (χ1) is 13.5. The first-order valence-corrected chi connectivity index (χ1v) is 8.96. The van der Waals surface area contributed by atoms with E-state index in [0.717, 1.165) is 11.1 Å². The zero-order valence-corrected chi connectivity index (χ0v) is 15.9. The molecule has 0 heterocycles. The largest absolute Gasteiger partial charge is 0.488 e. The van der Waals surface area contributed by atoms with Crippen LogP contribution in [0.3, 0.4) is 0 Å². The minimum Gasteiger partial charge on any atom is -0.488 e. The SMILES string of the molecule is Cc1ccc(C(=O)N/N=C\c2ccccc2OCc2ccc(F)cc2)cc1Cl. The van der Waals surface area contributed by atoms with Crippen molar-refractivity contribution >= 4 is 23.7 Å². The Morgan fingerprint density at radius 3 is 2.64 bits per heavy atom. The molecular weight excluding hydrogens is 379 g/mol. The highest BCUT2D eigenvalue weighted by Crippen LogP contribution is 2.18. The van der Waals surface area contributed by atoms with E-state index in [1.807, 2.05) is 25.1 Å². The third-order valence-electron chi connectivity index (χ3n) is 4.03. The maximum Gasteiger partial charge on any atom is 0.271 e. The van der Waals surface area contributed by atoms with Crippen LogP contribution in [-0.2, 0) is 6.61 Å². The zero-order chi connectivity index (χ0) is 19.9. The Balaban J connectivity index is 1.64. The number of hydrogen-bond donors (Lipinski definition) is 1. The highest BCUT2D eigenvalue weighted by molar-refractivity contribution is 6.31. The Labute approximate surface area is 167 Å². The number of nitrogens with zero attached hydrogens (tertiary/aromatic N) is 1. The average molecular weight is 397 g/mol. The van der Waals surface area contributed by atoms with Gasteiger partial charge in [0.2, 0.25) is 0 Å². The molecule has 3 aromatic rings. The van der Waals surface area contributed by atoms with E-state index in [1.165, 1.54) is 18.3 Å². The number of hydrogen-bond acceptors (Lipinski definition) is 3. The van der Waals surface area contributed by atoms with Gasteiger partial charge in [0.25, 0.3) is 5.91 Å². The lowest BCUT2D eigenvalue weighted by molar-refractivity contribution is 0.0955. The van der Waals surface area contributed by atoms with Gasteiger partial charge >= 0.3 is 0 Å². The summed E-state index contributed by atoms with van der Waals surface area (Å²) < 4.78 is 18.8. The summed E-state index contributed by atoms with van der Waals surface area (Å²) >= 11 is 6.05. The van der Waals surface area contributed by atoms with Gasteiger partial charge in [-0.3, -0.25) is 4.79 Å². The van der Waals surface area contributed by atoms with Gasteiger partial charge in [0, 0.05) is 16.1 Å². The molecule has 6 heteroatoms. The van der Waals surface area contributed by atoms with Crippen molar-refractivity contribution in [1.82, 2.24) is 5.43 Å². The van der Waals surface area contributed by atoms with Crippen LogP contribution < -0.4 is 10.2 Å². The molecule has 0 fully saturated rings. The molecule has 0 saturated carbocycles. The maximum atomic E-state index is 13.0. The predicted molar refractivity (Wildman–Crippen MR) is 108 cm³/mol. The Morgan fingerprint density at radius 2 is 1.89 bits per heavy atom. The van der Waals surface area contributed by atoms with Crippen LogP contribution in [-0.4, -0.2) is 12.1 Å². The lowest BCUT2D eigenvalue weighted by Crippen LogP contribution is -2.17. The van der Waals surface area contributed by atoms with Crippen molar-refractivity contribution in [1.29, 1.82) is 0 Å². The number of aryl methyl sites for hydroxylation is 1. The van der Waals surface area contributed by atoms with Crippen molar-refractivity contribution in [3.05, 3.63) is 99.8 Å². The Bertz CT molecular complexity index is 1000. The van der Waals surface area contributed by atoms with Gasteiger partial charge in [0.15, 0.2) is 0 Å². The first kappa shape index (κ1) is 19.6. The molecule has 1 N–H and O–H groups in total. The molecule has 0 radical (unpaired) electrons. The minimum atomic E-state index is -0.358. The molecule has 0 aromatic heterocycles. The number of carbonyl (C=O) groups excluding carboxylic acids is 1. The van der Waals surface area contributed by atoms with Crippen molar-refractivity contribution < 1.29 is 13.9 Å². The molecule has 0 aliphatic heterocycles. The fourth-order valence-corrected chi connectivity index (χ4v) is 2.60. The van der Waals surface area contributed by atoms with Gasteiger partial charge in [0.05, 0.1) is 6.21 Å². The van der Waals surface area contributed by atoms with E-state index in [0.29, 0.717) is 28.5 Å². The van der Waals surface area contributed by atoms with Crippen LogP contribution in [0.1, 0.15) is 27.0 Å². The number of ether oxygens (including phenoxy) is 1. The standard InChI is InChI=1S/C22H18ClFN2O2/c1-15-6-9-17(12-20(15)23)22(27)26-25-13-18-4-2-3-5-21(18)28-14-16-7-10-19(24)11-8-16/h2-13H,14H2,1H3,(H,26,27)/b25-13-. The van der Waals surface area contributed by atoms with Crippen LogP contribution in [0.2, 0.25) is 5.02 Å². The van der Waals surface area contributed by atoms with Gasteiger partial charge in [-0.2, -0.15) is 5.10 Å². The molecule has 0 aliphatic rings. The number of benzene rings is 3. The number of halogens is 2. The Kier molecular flexibility index (Phi) is 6.40. The summed E-state index contributed by atoms with van der Waals surface area (Å²) in [4.78, 5) is 12.2. The fourth-order valence-electron chi connectivity index (χ4n) is 2.42. The smallest absolute Gasteiger partial charge is 0.271 e. The van der Waals surface area contributed by atoms with Crippen molar-refractivity contribution in [3.8, 4) is 5.75 Å². The van der Waals surface area contributed by atoms with Gasteiger partial charge in [-0.1, -0.05) is 41.9 Å². The summed E-state index contributed by atoms with van der Waals surface area (Å²) in [5, 5.41) is 4.52. The van der Waals surface area contributed by atoms with Gasteiger partial charge in [-0.25, -0.2) is 9.82 Å². The third-order valence-corrected chi connectivity index (χ3v) is 4.44. The summed E-state index contributed by atoms with van der Waals surface area (Å²) in [5.74, 6) is -0.0482. The summed E-state index contributed by atoms with van der Waals surface area (Å²) in [6.07, 6.45) is 1.51. The van der Waals surface area contributed by atoms with Crippen LogP contribution in [0.15, 0.2) is 71.8 Å². The molecule has 142 valence electrons. The van der Waals surface area contributed by atoms with E-state index in [2.05, 4.69) is 10.5 Å². The highest BCUT2D eigenvalue weighted by atomic mass is 35.5. The van der Waals surface area contributed by atoms with Crippen molar-refractivity contribution in [2.24, 2.45) is 5.10 Å². The molecule has 3 rings (SSSR count). The van der Waals surface area contributed by atoms with E-state index in [9.17, 15) is 9.18 Å². The minimum absolute atomic E-state index is 0.290. The molecular formula is C22H18ClFN2O2. The monoisotopic (exact) mass is 396 g/mol. The van der Waals surface area contributed by atoms with E-state index in [4.69, 9.17) is 16.3 Å². The Morgan fingerprint density at radius 1 is 1.14 bits per heavy atom. The molecule has 0 aliphatic carbocycles. The first-order valence-electron chi connectivity index (χ1n) is 8.59. The number of rotatable bonds is 6. The van der Waals surface area contributed by atoms with Crippen LogP contribution in [0.4, 0.5) is 4.39 Å². The molecule has 3 aromatic carbocycles. The third kappa shape index (κ3) is 5.18. The summed E-state index contributed by atoms with van der Waals surface area (Å²) in [7, 11) is 0. The molecule has 28 heavy (non-hydrogen) atoms. The van der Waals surface area contributed by atoms with Gasteiger partial charge in [-0.15, -0.1) is 0 Å². The van der Waals surface area contributed by atoms with Crippen molar-refractivity contribution in [2.75, 3.05) is 0 Å². The van der Waals surface area contributed by atoms with Crippen LogP contribution in [0.25, 0.3) is 0 Å². The van der Waals surface area contributed by atoms with E-state index >= 15 is 0 Å². The van der Waals surface area contributed by atoms with Crippen LogP contribution in [0.5, 0.6) is 5.75 Å². The number of nitrogens with one attached hydrogen (secondary N) is 1. The topological polar surface area (TPSA) is 50.7 Å². The van der Waals surface area contributed by atoms with Crippen molar-refractivity contribution in [2.45, 2.75) is 13.5 Å². The van der Waals surface area contributed by atoms with Gasteiger partial charge in [0.1, 0.15) is 18.2 Å².